The summed E-state index contributed by atoms with van der Waals surface area (Å²) in [5, 5.41) is 8.35. The second-order valence-corrected chi connectivity index (χ2v) is 8.13. The predicted molar refractivity (Wildman–Crippen MR) is 112 cm³/mol. The molecule has 1 N–H and O–H groups in total. The molecule has 0 radical (unpaired) electrons. The summed E-state index contributed by atoms with van der Waals surface area (Å²) in [5.74, 6) is 0.722. The largest absolute Gasteiger partial charge is 0.505 e. The molecule has 9 nitrogen and oxygen atoms in total. The van der Waals surface area contributed by atoms with Crippen LogP contribution in [0.15, 0.2) is 36.7 Å². The van der Waals surface area contributed by atoms with Crippen molar-refractivity contribution < 1.29 is 28.3 Å². The number of fused-ring (bicyclic) bond motifs is 1. The van der Waals surface area contributed by atoms with Gasteiger partial charge in [0.05, 0.1) is 54.7 Å². The van der Waals surface area contributed by atoms with E-state index in [0.29, 0.717) is 17.2 Å². The number of methoxy groups -OCH3 is 2. The molecular formula is C19H20ClN3O6S. The number of para-hydroxylation sites is 2. The van der Waals surface area contributed by atoms with Crippen molar-refractivity contribution in [3.05, 3.63) is 47.5 Å². The number of pyridine rings is 1. The summed E-state index contributed by atoms with van der Waals surface area (Å²) in [5.41, 5.74) is 1.88. The topological polar surface area (TPSA) is 113 Å². The van der Waals surface area contributed by atoms with Crippen molar-refractivity contribution in [1.82, 2.24) is 14.5 Å². The highest BCUT2D eigenvalue weighted by atomic mass is 35.5. The molecule has 3 rings (SSSR count). The van der Waals surface area contributed by atoms with E-state index in [1.807, 2.05) is 24.3 Å². The number of benzene rings is 1. The van der Waals surface area contributed by atoms with Crippen LogP contribution in [0.25, 0.3) is 11.0 Å². The SMILES string of the molecule is COc1cc(Cl)nc(CS(=O)C(CCOC(=O)O)n2cnc3ccccc32)c1OC. The van der Waals surface area contributed by atoms with Crippen LogP contribution in [0.1, 0.15) is 17.5 Å². The van der Waals surface area contributed by atoms with E-state index in [1.54, 1.807) is 10.9 Å². The smallest absolute Gasteiger partial charge is 0.493 e. The molecule has 2 unspecified atom stereocenters. The summed E-state index contributed by atoms with van der Waals surface area (Å²) < 4.78 is 30.4. The highest BCUT2D eigenvalue weighted by molar-refractivity contribution is 7.84. The monoisotopic (exact) mass is 453 g/mol. The standard InChI is InChI=1S/C19H20ClN3O6S/c1-27-15-9-16(20)22-13(18(15)28-2)10-30(26)17(7-8-29-19(24)25)23-11-21-12-5-3-4-6-14(12)23/h3-6,9,11,17H,7-8,10H2,1-2H3,(H,24,25). The van der Waals surface area contributed by atoms with Crippen LogP contribution in [-0.2, 0) is 21.3 Å². The molecule has 160 valence electrons. The molecule has 0 fully saturated rings. The van der Waals surface area contributed by atoms with Gasteiger partial charge in [-0.1, -0.05) is 23.7 Å². The molecule has 1 aromatic carbocycles. The van der Waals surface area contributed by atoms with Crippen molar-refractivity contribution in [1.29, 1.82) is 0 Å². The Morgan fingerprint density at radius 1 is 1.30 bits per heavy atom. The molecule has 0 bridgehead atoms. The molecular weight excluding hydrogens is 434 g/mol. The van der Waals surface area contributed by atoms with Gasteiger partial charge in [-0.3, -0.25) is 4.21 Å². The van der Waals surface area contributed by atoms with E-state index in [4.69, 9.17) is 26.2 Å². The van der Waals surface area contributed by atoms with Gasteiger partial charge in [0.1, 0.15) is 16.2 Å². The van der Waals surface area contributed by atoms with Crippen LogP contribution in [0, 0.1) is 0 Å². The lowest BCUT2D eigenvalue weighted by Gasteiger charge is -2.20. The number of carbonyl (C=O) groups is 1. The van der Waals surface area contributed by atoms with Crippen LogP contribution >= 0.6 is 11.6 Å². The first-order chi connectivity index (χ1) is 14.4. The Balaban J connectivity index is 1.95. The molecule has 3 aromatic rings. The Morgan fingerprint density at radius 2 is 2.07 bits per heavy atom. The van der Waals surface area contributed by atoms with Gasteiger partial charge in [0.25, 0.3) is 0 Å². The van der Waals surface area contributed by atoms with Crippen molar-refractivity contribution in [2.75, 3.05) is 20.8 Å². The maximum atomic E-state index is 13.4. The third-order valence-electron chi connectivity index (χ3n) is 4.37. The maximum absolute atomic E-state index is 13.4. The molecule has 11 heteroatoms. The zero-order valence-corrected chi connectivity index (χ0v) is 17.9. The van der Waals surface area contributed by atoms with Crippen LogP contribution in [0.4, 0.5) is 4.79 Å². The van der Waals surface area contributed by atoms with Crippen LogP contribution in [-0.4, -0.2) is 50.8 Å². The number of hydrogen-bond donors (Lipinski definition) is 1. The zero-order valence-electron chi connectivity index (χ0n) is 16.3. The molecule has 0 spiro atoms. The molecule has 0 saturated heterocycles. The lowest BCUT2D eigenvalue weighted by atomic mass is 10.3. The number of carboxylic acid groups (broad SMARTS) is 1. The Hall–Kier alpha value is -2.85. The second kappa shape index (κ2) is 9.77. The Labute approximate surface area is 180 Å². The lowest BCUT2D eigenvalue weighted by Crippen LogP contribution is -2.19. The molecule has 30 heavy (non-hydrogen) atoms. The fourth-order valence-corrected chi connectivity index (χ4v) is 4.72. The third-order valence-corrected chi connectivity index (χ3v) is 6.19. The van der Waals surface area contributed by atoms with E-state index >= 15 is 0 Å². The van der Waals surface area contributed by atoms with Gasteiger partial charge in [0.15, 0.2) is 11.5 Å². The minimum Gasteiger partial charge on any atom is -0.493 e. The summed E-state index contributed by atoms with van der Waals surface area (Å²) in [6, 6.07) is 8.90. The molecule has 2 heterocycles. The van der Waals surface area contributed by atoms with E-state index in [1.165, 1.54) is 20.3 Å². The van der Waals surface area contributed by atoms with Crippen molar-refractivity contribution in [3.63, 3.8) is 0 Å². The second-order valence-electron chi connectivity index (χ2n) is 6.15. The number of ether oxygens (including phenoxy) is 3. The number of rotatable bonds is 9. The van der Waals surface area contributed by atoms with E-state index in [9.17, 15) is 9.00 Å². The first-order valence-corrected chi connectivity index (χ1v) is 10.6. The van der Waals surface area contributed by atoms with Crippen molar-refractivity contribution in [3.8, 4) is 11.5 Å². The summed E-state index contributed by atoms with van der Waals surface area (Å²) in [6.45, 7) is -0.123. The summed E-state index contributed by atoms with van der Waals surface area (Å²) >= 11 is 6.07. The Kier molecular flexibility index (Phi) is 7.11. The van der Waals surface area contributed by atoms with Crippen LogP contribution < -0.4 is 9.47 Å². The molecule has 0 amide bonds. The van der Waals surface area contributed by atoms with Crippen molar-refractivity contribution in [2.24, 2.45) is 0 Å². The fraction of sp³-hybridized carbons (Fsp3) is 0.316. The van der Waals surface area contributed by atoms with Crippen molar-refractivity contribution >= 4 is 39.6 Å². The van der Waals surface area contributed by atoms with Crippen LogP contribution in [0.5, 0.6) is 11.5 Å². The number of halogens is 1. The van der Waals surface area contributed by atoms with Gasteiger partial charge in [0.2, 0.25) is 0 Å². The molecule has 0 aliphatic heterocycles. The Bertz CT molecular complexity index is 1070. The normalized spacial score (nSPS) is 13.0. The fourth-order valence-electron chi connectivity index (χ4n) is 3.08. The summed E-state index contributed by atoms with van der Waals surface area (Å²) in [6.07, 6.45) is 0.370. The van der Waals surface area contributed by atoms with Crippen LogP contribution in [0.2, 0.25) is 5.15 Å². The first kappa shape index (κ1) is 21.8. The van der Waals surface area contributed by atoms with Gasteiger partial charge < -0.3 is 23.9 Å². The minimum atomic E-state index is -1.55. The number of aromatic nitrogens is 3. The molecule has 2 atom stereocenters. The molecule has 0 saturated carbocycles. The van der Waals surface area contributed by atoms with E-state index in [0.717, 1.165) is 11.0 Å². The van der Waals surface area contributed by atoms with Gasteiger partial charge in [-0.15, -0.1) is 0 Å². The van der Waals surface area contributed by atoms with Crippen LogP contribution in [0.3, 0.4) is 0 Å². The quantitative estimate of drug-likeness (QED) is 0.386. The average molecular weight is 454 g/mol. The summed E-state index contributed by atoms with van der Waals surface area (Å²) in [7, 11) is 1.38. The average Bonchev–Trinajstić information content (AvgIpc) is 3.14. The number of imidazole rings is 1. The highest BCUT2D eigenvalue weighted by Gasteiger charge is 2.25. The van der Waals surface area contributed by atoms with Gasteiger partial charge in [-0.2, -0.15) is 0 Å². The maximum Gasteiger partial charge on any atom is 0.505 e. The van der Waals surface area contributed by atoms with E-state index in [2.05, 4.69) is 14.7 Å². The highest BCUT2D eigenvalue weighted by Crippen LogP contribution is 2.34. The number of hydrogen-bond acceptors (Lipinski definition) is 7. The van der Waals surface area contributed by atoms with E-state index in [-0.39, 0.29) is 23.9 Å². The lowest BCUT2D eigenvalue weighted by molar-refractivity contribution is 0.0892. The predicted octanol–water partition coefficient (Wildman–Crippen LogP) is 3.63. The van der Waals surface area contributed by atoms with Gasteiger partial charge in [-0.25, -0.2) is 14.8 Å². The van der Waals surface area contributed by atoms with Gasteiger partial charge in [-0.05, 0) is 12.1 Å². The van der Waals surface area contributed by atoms with Gasteiger partial charge in [0, 0.05) is 12.5 Å². The molecule has 0 aliphatic rings. The zero-order chi connectivity index (χ0) is 21.7. The molecule has 2 aromatic heterocycles. The molecule has 0 aliphatic carbocycles. The first-order valence-electron chi connectivity index (χ1n) is 8.86. The summed E-state index contributed by atoms with van der Waals surface area (Å²) in [4.78, 5) is 19.3. The third kappa shape index (κ3) is 4.82. The van der Waals surface area contributed by atoms with E-state index < -0.39 is 22.3 Å². The van der Waals surface area contributed by atoms with Crippen molar-refractivity contribution in [2.45, 2.75) is 17.5 Å². The minimum absolute atomic E-state index is 0.00430. The van der Waals surface area contributed by atoms with Gasteiger partial charge >= 0.3 is 6.16 Å². The number of nitrogens with zero attached hydrogens (tertiary/aromatic N) is 3. The Morgan fingerprint density at radius 3 is 2.77 bits per heavy atom.